The summed E-state index contributed by atoms with van der Waals surface area (Å²) in [4.78, 5) is 65.7. The zero-order valence-electron chi connectivity index (χ0n) is 65.6. The molecule has 44 heteroatoms. The zero-order valence-corrected chi connectivity index (χ0v) is 68.6. The summed E-state index contributed by atoms with van der Waals surface area (Å²) in [7, 11) is 3.32. The first-order valence-electron chi connectivity index (χ1n) is 38.2. The summed E-state index contributed by atoms with van der Waals surface area (Å²) in [5, 5.41) is 23.1. The summed E-state index contributed by atoms with van der Waals surface area (Å²) < 4.78 is 193. The summed E-state index contributed by atoms with van der Waals surface area (Å²) in [6.07, 6.45) is -15.1. The Morgan fingerprint density at radius 3 is 0.917 bits per heavy atom. The van der Waals surface area contributed by atoms with Gasteiger partial charge in [-0.2, -0.15) is 73.1 Å². The highest BCUT2D eigenvalue weighted by Crippen LogP contribution is 2.35. The van der Waals surface area contributed by atoms with Crippen LogP contribution in [0.15, 0.2) is 97.1 Å². The Kier molecular flexibility index (Phi) is 34.1. The van der Waals surface area contributed by atoms with Gasteiger partial charge in [0.25, 0.3) is 23.6 Å². The van der Waals surface area contributed by atoms with Crippen molar-refractivity contribution in [1.82, 2.24) is 80.0 Å². The van der Waals surface area contributed by atoms with Crippen LogP contribution in [0, 0.1) is 0 Å². The maximum Gasteiger partial charge on any atom is 0.432 e. The molecular weight excluding hydrogens is 1710 g/mol. The Balaban J connectivity index is 0.000000183. The Labute approximate surface area is 706 Å². The number of benzene rings is 4. The van der Waals surface area contributed by atoms with E-state index in [1.165, 1.54) is 19.6 Å². The van der Waals surface area contributed by atoms with Crippen molar-refractivity contribution in [3.63, 3.8) is 0 Å². The van der Waals surface area contributed by atoms with E-state index in [0.29, 0.717) is 161 Å². The third-order valence-electron chi connectivity index (χ3n) is 20.6. The minimum absolute atomic E-state index is 0.00849. The van der Waals surface area contributed by atoms with E-state index >= 15 is 0 Å². The van der Waals surface area contributed by atoms with Crippen LogP contribution in [0.3, 0.4) is 0 Å². The Morgan fingerprint density at radius 2 is 0.653 bits per heavy atom. The molecule has 4 aromatic carbocycles. The fourth-order valence-corrected chi connectivity index (χ4v) is 14.6. The number of hydrogen-bond acceptors (Lipinski definition) is 18. The van der Waals surface area contributed by atoms with Crippen LogP contribution in [0.5, 0.6) is 0 Å². The molecule has 0 saturated carbocycles. The van der Waals surface area contributed by atoms with Crippen molar-refractivity contribution in [3.8, 4) is 0 Å². The second-order valence-corrected chi connectivity index (χ2v) is 30.7. The normalized spacial score (nSPS) is 17.2. The molecule has 8 aromatic rings. The molecule has 662 valence electrons. The Bertz CT molecular complexity index is 4510. The van der Waals surface area contributed by atoms with Crippen molar-refractivity contribution in [1.29, 1.82) is 0 Å². The van der Waals surface area contributed by atoms with Gasteiger partial charge < -0.3 is 56.9 Å². The molecule has 4 saturated heterocycles. The summed E-state index contributed by atoms with van der Waals surface area (Å²) >= 11 is 24.9. The van der Waals surface area contributed by atoms with E-state index in [4.69, 9.17) is 78.8 Å². The number of nitrogens with zero attached hydrogens (tertiary/aromatic N) is 12. The summed E-state index contributed by atoms with van der Waals surface area (Å²) in [6.45, 7) is 8.09. The van der Waals surface area contributed by atoms with E-state index in [1.54, 1.807) is 87.0 Å². The number of piperidine rings is 3. The number of amides is 4. The minimum atomic E-state index is -4.65. The lowest BCUT2D eigenvalue weighted by Crippen LogP contribution is -2.44. The number of rotatable bonds is 26. The summed E-state index contributed by atoms with van der Waals surface area (Å²) in [6, 6.07) is 22.6. The average molecular weight is 1800 g/mol. The molecule has 3 atom stereocenters. The lowest BCUT2D eigenvalue weighted by molar-refractivity contribution is -0.142. The van der Waals surface area contributed by atoms with E-state index in [-0.39, 0.29) is 93.9 Å². The van der Waals surface area contributed by atoms with Crippen LogP contribution < -0.4 is 22.9 Å². The van der Waals surface area contributed by atoms with Gasteiger partial charge in [-0.15, -0.1) is 0 Å². The number of aromatic amines is 4. The molecule has 4 aliphatic heterocycles. The number of hydrogen-bond donors (Lipinski definition) is 8. The molecule has 4 amide bonds. The predicted molar refractivity (Wildman–Crippen MR) is 426 cm³/mol. The number of carbonyl (C=O) groups excluding carboxylic acids is 4. The first-order chi connectivity index (χ1) is 57.2. The largest absolute Gasteiger partial charge is 0.432 e. The lowest BCUT2D eigenvalue weighted by Gasteiger charge is -2.33. The minimum Gasteiger partial charge on any atom is -0.398 e. The number of alkyl halides is 14. The van der Waals surface area contributed by atoms with E-state index in [9.17, 15) is 80.6 Å². The number of ether oxygens (including phenoxy) is 2. The van der Waals surface area contributed by atoms with Crippen molar-refractivity contribution >= 4 is 92.8 Å². The predicted octanol–water partition coefficient (Wildman–Crippen LogP) is 13.9. The number of halogens is 18. The highest BCUT2D eigenvalue weighted by molar-refractivity contribution is 6.32. The van der Waals surface area contributed by atoms with Crippen molar-refractivity contribution < 1.29 is 90.1 Å². The molecule has 0 spiro atoms. The molecule has 4 aromatic heterocycles. The van der Waals surface area contributed by atoms with Gasteiger partial charge in [-0.1, -0.05) is 70.7 Å². The van der Waals surface area contributed by atoms with Gasteiger partial charge in [0.05, 0.1) is 12.2 Å². The SMILES string of the molecule is COC1CCCN(CCN(Cc2c(N)cccc2Cl)C(=O)c2cc(C(F)(F)F)[nH]n2)C1.COC1CCN(CCN(Cc2c(N)cccc2Cl)C(=O)c2cc(C(F)(F)F)[nH]n2)C1.Nc1cccc(Cl)c1CN(CCN1CCC(F)CC1)C(=O)c1cc(C(F)(F)F)[nH]n1.Nc1cccc(Cl)c1CN(CCN1CCCC(F)C1)C(=O)c1cc(C(F)(F)F)[nH]n1. The van der Waals surface area contributed by atoms with Gasteiger partial charge in [0, 0.05) is 221 Å². The molecule has 4 aliphatic rings. The number of methoxy groups -OCH3 is 2. The fourth-order valence-electron chi connectivity index (χ4n) is 13.7. The van der Waals surface area contributed by atoms with E-state index in [2.05, 4.69) is 30.2 Å². The van der Waals surface area contributed by atoms with Gasteiger partial charge in [0.15, 0.2) is 22.8 Å². The number of likely N-dealkylation sites (tertiary alicyclic amines) is 4. The van der Waals surface area contributed by atoms with Crippen LogP contribution in [0.2, 0.25) is 20.1 Å². The van der Waals surface area contributed by atoms with E-state index in [1.807, 2.05) is 30.2 Å². The molecule has 8 heterocycles. The standard InChI is InChI=1S/C20H25ClF3N5O2.2C19H22ClF4N5O.C19H23ClF3N5O2/c1-31-13-4-3-7-28(11-13)8-9-29(12-14-15(21)5-2-6-16(14)25)19(30)17-10-18(27-26-17)20(22,23)24;20-14-4-1-5-15(25)13(14)11-29(8-7-28-6-2-3-12(21)10-28)18(30)16-9-17(27-26-16)19(22,23)24;20-14-2-1-3-15(25)13(14)11-29(9-8-28-6-4-12(21)5-7-28)18(30)16-10-17(27-26-16)19(22,23)24;1-30-12-5-6-27(10-12)7-8-28(11-13-14(20)3-2-4-15(13)24)18(29)16-9-17(26-25-16)19(21,22)23/h2,5-6,10,13H,3-4,7-9,11-12,25H2,1H3,(H,26,27);1,4-5,9,12H,2-3,6-8,10-11,25H2,(H,26,27);1-3,10,12H,4-9,11,25H2,(H,26,27);2-4,9,12H,5-8,10-11,24H2,1H3,(H,25,26). The molecule has 3 unspecified atom stereocenters. The number of aromatic nitrogens is 8. The smallest absolute Gasteiger partial charge is 0.398 e. The van der Waals surface area contributed by atoms with Crippen LogP contribution in [0.25, 0.3) is 0 Å². The molecule has 0 radical (unpaired) electrons. The van der Waals surface area contributed by atoms with Crippen LogP contribution in [0.4, 0.5) is 84.2 Å². The number of anilines is 4. The van der Waals surface area contributed by atoms with E-state index < -0.39 is 83.5 Å². The molecule has 12 rings (SSSR count). The van der Waals surface area contributed by atoms with Gasteiger partial charge >= 0.3 is 24.7 Å². The fraction of sp³-hybridized carbons (Fsp3) is 0.481. The number of nitrogen functional groups attached to an aromatic ring is 4. The van der Waals surface area contributed by atoms with Crippen molar-refractivity contribution in [2.24, 2.45) is 0 Å². The van der Waals surface area contributed by atoms with Crippen LogP contribution in [0.1, 0.15) is 132 Å². The molecule has 0 aliphatic carbocycles. The summed E-state index contributed by atoms with van der Waals surface area (Å²) in [5.41, 5.74) is 21.9. The van der Waals surface area contributed by atoms with E-state index in [0.717, 1.165) is 45.4 Å². The molecule has 12 N–H and O–H groups in total. The topological polar surface area (TPSA) is 331 Å². The Hall–Kier alpha value is -9.26. The van der Waals surface area contributed by atoms with Crippen LogP contribution >= 0.6 is 46.4 Å². The maximum absolute atomic E-state index is 13.7. The summed E-state index contributed by atoms with van der Waals surface area (Å²) in [5.74, 6) is -2.65. The highest BCUT2D eigenvalue weighted by atomic mass is 35.5. The molecule has 0 bridgehead atoms. The van der Waals surface area contributed by atoms with Crippen LogP contribution in [-0.2, 0) is 60.4 Å². The molecule has 121 heavy (non-hydrogen) atoms. The molecular formula is C77H92Cl4F14N20O6. The first kappa shape index (κ1) is 95.6. The molecule has 4 fully saturated rings. The monoisotopic (exact) mass is 1800 g/mol. The third-order valence-corrected chi connectivity index (χ3v) is 22.1. The molecule has 26 nitrogen and oxygen atoms in total. The highest BCUT2D eigenvalue weighted by Gasteiger charge is 2.40. The lowest BCUT2D eigenvalue weighted by atomic mass is 10.1. The second-order valence-electron chi connectivity index (χ2n) is 29.1. The van der Waals surface area contributed by atoms with Gasteiger partial charge in [0.2, 0.25) is 0 Å². The average Bonchev–Trinajstić information content (AvgIpc) is 1.66. The second kappa shape index (κ2) is 43.2. The number of carbonyl (C=O) groups is 4. The maximum atomic E-state index is 13.7. The Morgan fingerprint density at radius 1 is 0.388 bits per heavy atom. The van der Waals surface area contributed by atoms with Crippen molar-refractivity contribution in [2.45, 2.75) is 120 Å². The number of nitrogens with two attached hydrogens (primary N) is 4. The van der Waals surface area contributed by atoms with Gasteiger partial charge in [-0.25, -0.2) is 8.78 Å². The number of H-pyrrole nitrogens is 4. The zero-order chi connectivity index (χ0) is 88.3. The van der Waals surface area contributed by atoms with Gasteiger partial charge in [0.1, 0.15) is 35.1 Å². The van der Waals surface area contributed by atoms with Gasteiger partial charge in [-0.05, 0) is 107 Å². The van der Waals surface area contributed by atoms with Crippen molar-refractivity contribution in [2.75, 3.05) is 142 Å². The first-order valence-corrected chi connectivity index (χ1v) is 39.7. The van der Waals surface area contributed by atoms with Crippen LogP contribution in [-0.4, -0.2) is 247 Å². The number of nitrogens with one attached hydrogen (secondary N) is 4. The quantitative estimate of drug-likeness (QED) is 0.0184. The van der Waals surface area contributed by atoms with Crippen molar-refractivity contribution in [3.05, 3.63) is 185 Å². The van der Waals surface area contributed by atoms with Gasteiger partial charge in [-0.3, -0.25) is 54.3 Å². The third kappa shape index (κ3) is 27.6.